The van der Waals surface area contributed by atoms with Gasteiger partial charge in [0.05, 0.1) is 29.7 Å². The zero-order chi connectivity index (χ0) is 34.1. The van der Waals surface area contributed by atoms with E-state index in [0.29, 0.717) is 41.5 Å². The van der Waals surface area contributed by atoms with Crippen LogP contribution in [0.2, 0.25) is 0 Å². The van der Waals surface area contributed by atoms with Gasteiger partial charge in [-0.05, 0) is 80.8 Å². The van der Waals surface area contributed by atoms with E-state index in [1.54, 1.807) is 25.1 Å². The van der Waals surface area contributed by atoms with Crippen LogP contribution >= 0.6 is 0 Å². The van der Waals surface area contributed by atoms with Gasteiger partial charge >= 0.3 is 6.09 Å². The van der Waals surface area contributed by atoms with E-state index in [1.165, 1.54) is 11.8 Å². The van der Waals surface area contributed by atoms with E-state index < -0.39 is 59.6 Å². The van der Waals surface area contributed by atoms with Gasteiger partial charge in [-0.1, -0.05) is 34.1 Å². The molecule has 0 radical (unpaired) electrons. The van der Waals surface area contributed by atoms with Crippen LogP contribution in [0.5, 0.6) is 11.6 Å². The predicted molar refractivity (Wildman–Crippen MR) is 172 cm³/mol. The third-order valence-corrected chi connectivity index (χ3v) is 11.0. The summed E-state index contributed by atoms with van der Waals surface area (Å²) in [5.74, 6) is -3.38. The maximum absolute atomic E-state index is 16.2. The van der Waals surface area contributed by atoms with Crippen LogP contribution in [0, 0.1) is 29.1 Å². The zero-order valence-electron chi connectivity index (χ0n) is 28.3. The molecule has 0 spiro atoms. The number of carbonyl (C=O) groups excluding carboxylic acids is 3. The van der Waals surface area contributed by atoms with Crippen LogP contribution < -0.4 is 14.8 Å². The second-order valence-corrected chi connectivity index (χ2v) is 15.8. The summed E-state index contributed by atoms with van der Waals surface area (Å²) in [5, 5.41) is 2.84. The van der Waals surface area contributed by atoms with Gasteiger partial charge < -0.3 is 24.4 Å². The largest absolute Gasteiger partial charge is 0.490 e. The summed E-state index contributed by atoms with van der Waals surface area (Å²) >= 11 is 0. The molecule has 1 aromatic heterocycles. The summed E-state index contributed by atoms with van der Waals surface area (Å²) in [6, 6.07) is 3.14. The zero-order valence-corrected chi connectivity index (χ0v) is 28.3. The van der Waals surface area contributed by atoms with Gasteiger partial charge in [-0.25, -0.2) is 14.8 Å². The van der Waals surface area contributed by atoms with Gasteiger partial charge in [0.15, 0.2) is 11.5 Å². The van der Waals surface area contributed by atoms with Crippen molar-refractivity contribution in [3.8, 4) is 11.6 Å². The van der Waals surface area contributed by atoms with Crippen molar-refractivity contribution >= 4 is 28.8 Å². The Bertz CT molecular complexity index is 1610. The number of alkyl carbamates (subject to hydrolysis) is 1. The number of nitrogens with zero attached hydrogens (tertiary/aromatic N) is 3. The summed E-state index contributed by atoms with van der Waals surface area (Å²) in [7, 11) is 0. The van der Waals surface area contributed by atoms with Gasteiger partial charge in [-0.15, -0.1) is 0 Å². The number of hydrogen-bond donors (Lipinski definition) is 1. The van der Waals surface area contributed by atoms with E-state index in [1.807, 2.05) is 20.8 Å². The maximum atomic E-state index is 16.2. The van der Waals surface area contributed by atoms with Gasteiger partial charge in [0, 0.05) is 18.4 Å². The van der Waals surface area contributed by atoms with Crippen molar-refractivity contribution in [2.45, 2.75) is 122 Å². The SMILES string of the molecule is CC(=O)[C@@H]1[C@H](C)[C@@H]2CN1C(=O)[C@H](C(C)(C)C)NC(=O)O[C@@H]1CC3CC3[C@H]1CCCCC(F)(F)c1nc3ccc(OC4CC4)cc3nc1O2. The second-order valence-electron chi connectivity index (χ2n) is 15.8. The molecule has 2 aromatic rings. The number of benzene rings is 1. The van der Waals surface area contributed by atoms with E-state index in [0.717, 1.165) is 25.7 Å². The van der Waals surface area contributed by atoms with Gasteiger partial charge in [0.1, 0.15) is 24.0 Å². The highest BCUT2D eigenvalue weighted by Gasteiger charge is 2.55. The van der Waals surface area contributed by atoms with Crippen LogP contribution in [0.3, 0.4) is 0 Å². The van der Waals surface area contributed by atoms with E-state index >= 15 is 8.78 Å². The smallest absolute Gasteiger partial charge is 0.408 e. The molecule has 4 fully saturated rings. The highest BCUT2D eigenvalue weighted by molar-refractivity contribution is 5.92. The molecular weight excluding hydrogens is 622 g/mol. The minimum atomic E-state index is -3.35. The number of Topliss-reactive ketones (excluding diaryl/α,β-unsaturated/α-hetero) is 1. The molecule has 7 rings (SSSR count). The minimum Gasteiger partial charge on any atom is -0.490 e. The van der Waals surface area contributed by atoms with Crippen LogP contribution in [0.1, 0.15) is 91.7 Å². The minimum absolute atomic E-state index is 0.0584. The lowest BCUT2D eigenvalue weighted by atomic mass is 9.85. The highest BCUT2D eigenvalue weighted by Crippen LogP contribution is 2.58. The third kappa shape index (κ3) is 6.43. The number of halogens is 2. The molecule has 10 nitrogen and oxygen atoms in total. The molecule has 1 saturated heterocycles. The molecule has 12 heteroatoms. The summed E-state index contributed by atoms with van der Waals surface area (Å²) in [6.07, 6.45) is 3.03. The number of alkyl halides is 2. The fraction of sp³-hybridized carbons (Fsp3) is 0.694. The number of aromatic nitrogens is 2. The molecule has 2 unspecified atom stereocenters. The number of ether oxygens (including phenoxy) is 3. The fourth-order valence-electron chi connectivity index (χ4n) is 8.16. The predicted octanol–water partition coefficient (Wildman–Crippen LogP) is 6.19. The molecule has 1 N–H and O–H groups in total. The van der Waals surface area contributed by atoms with E-state index in [9.17, 15) is 14.4 Å². The molecule has 1 aromatic carbocycles. The summed E-state index contributed by atoms with van der Waals surface area (Å²) in [6.45, 7) is 8.62. The standard InChI is InChI=1S/C36H46F2N4O6/c1-18-28-17-42(29(18)19(2)43)33(44)31(35(3,4)5)41-34(45)48-27-15-20-14-24(20)23(27)8-6-7-13-36(37,38)30-32(47-28)40-26-16-22(46-21-9-10-21)11-12-25(26)39-30/h11-12,16,18,20-21,23-24,27-29,31H,6-10,13-15,17H2,1-5H3,(H,41,45)/t18-,20?,23-,24?,27-,28+,29+,31-/m1/s1. The normalized spacial score (nSPS) is 33.7. The monoisotopic (exact) mass is 668 g/mol. The second kappa shape index (κ2) is 12.1. The van der Waals surface area contributed by atoms with Crippen LogP contribution in [0.15, 0.2) is 18.2 Å². The van der Waals surface area contributed by atoms with Crippen LogP contribution in [0.25, 0.3) is 11.0 Å². The molecule has 2 aliphatic heterocycles. The Morgan fingerprint density at radius 3 is 2.50 bits per heavy atom. The molecule has 2 bridgehead atoms. The third-order valence-electron chi connectivity index (χ3n) is 11.0. The number of nitrogens with one attached hydrogen (secondary N) is 1. The first-order valence-corrected chi connectivity index (χ1v) is 17.5. The van der Waals surface area contributed by atoms with E-state index in [2.05, 4.69) is 15.3 Å². The average Bonchev–Trinajstić information content (AvgIpc) is 3.92. The molecule has 8 atom stereocenters. The van der Waals surface area contributed by atoms with Gasteiger partial charge in [-0.3, -0.25) is 9.59 Å². The molecule has 3 saturated carbocycles. The van der Waals surface area contributed by atoms with Crippen molar-refractivity contribution < 1.29 is 37.4 Å². The Balaban J connectivity index is 1.27. The number of fused-ring (bicyclic) bond motifs is 7. The molecule has 3 heterocycles. The molecular formula is C36H46F2N4O6. The molecule has 3 aliphatic carbocycles. The summed E-state index contributed by atoms with van der Waals surface area (Å²) in [4.78, 5) is 51.1. The molecule has 260 valence electrons. The Kier molecular flexibility index (Phi) is 8.30. The average molecular weight is 669 g/mol. The van der Waals surface area contributed by atoms with Crippen LogP contribution in [-0.4, -0.2) is 69.6 Å². The maximum Gasteiger partial charge on any atom is 0.408 e. The first-order chi connectivity index (χ1) is 22.7. The van der Waals surface area contributed by atoms with Gasteiger partial charge in [-0.2, -0.15) is 8.78 Å². The molecule has 5 aliphatic rings. The molecule has 48 heavy (non-hydrogen) atoms. The first-order valence-electron chi connectivity index (χ1n) is 17.5. The van der Waals surface area contributed by atoms with Crippen molar-refractivity contribution in [3.05, 3.63) is 23.9 Å². The van der Waals surface area contributed by atoms with E-state index in [4.69, 9.17) is 14.2 Å². The lowest BCUT2D eigenvalue weighted by molar-refractivity contribution is -0.141. The summed E-state index contributed by atoms with van der Waals surface area (Å²) in [5.41, 5.74) is -0.618. The van der Waals surface area contributed by atoms with Gasteiger partial charge in [0.2, 0.25) is 11.8 Å². The Labute approximate surface area is 279 Å². The van der Waals surface area contributed by atoms with Crippen molar-refractivity contribution in [2.24, 2.45) is 29.1 Å². The van der Waals surface area contributed by atoms with Crippen molar-refractivity contribution in [3.63, 3.8) is 0 Å². The number of rotatable bonds is 3. The summed E-state index contributed by atoms with van der Waals surface area (Å²) < 4.78 is 50.6. The lowest BCUT2D eigenvalue weighted by Crippen LogP contribution is -2.57. The number of hydrogen-bond acceptors (Lipinski definition) is 8. The van der Waals surface area contributed by atoms with E-state index in [-0.39, 0.29) is 42.8 Å². The Hall–Kier alpha value is -3.57. The number of ketones is 1. The Morgan fingerprint density at radius 1 is 1.02 bits per heavy atom. The first kappa shape index (κ1) is 33.0. The number of amides is 2. The highest BCUT2D eigenvalue weighted by atomic mass is 19.3. The lowest BCUT2D eigenvalue weighted by Gasteiger charge is -2.35. The van der Waals surface area contributed by atoms with Crippen LogP contribution in [0.4, 0.5) is 13.6 Å². The molecule has 2 amide bonds. The van der Waals surface area contributed by atoms with Crippen molar-refractivity contribution in [1.29, 1.82) is 0 Å². The van der Waals surface area contributed by atoms with Gasteiger partial charge in [0.25, 0.3) is 5.92 Å². The number of carbonyl (C=O) groups is 3. The fourth-order valence-corrected chi connectivity index (χ4v) is 8.16. The van der Waals surface area contributed by atoms with Crippen molar-refractivity contribution in [2.75, 3.05) is 6.54 Å². The quantitative estimate of drug-likeness (QED) is 0.412. The van der Waals surface area contributed by atoms with Crippen molar-refractivity contribution in [1.82, 2.24) is 20.2 Å². The Morgan fingerprint density at radius 2 is 1.79 bits per heavy atom. The topological polar surface area (TPSA) is 120 Å². The van der Waals surface area contributed by atoms with Crippen LogP contribution in [-0.2, 0) is 20.2 Å².